The largest absolute Gasteiger partial charge is 0.340 e. The number of hydrogen-bond donors (Lipinski definition) is 0. The van der Waals surface area contributed by atoms with Crippen molar-refractivity contribution in [2.75, 3.05) is 0 Å². The zero-order valence-electron chi connectivity index (χ0n) is 37.4. The maximum atomic E-state index is 12.1. The topological polar surface area (TPSA) is 67.3 Å². The molecule has 0 saturated heterocycles. The molecule has 0 atom stereocenters. The fourth-order valence-electron chi connectivity index (χ4n) is 11.7. The smallest absolute Gasteiger partial charge is 0.104 e. The predicted molar refractivity (Wildman–Crippen MR) is 280 cm³/mol. The summed E-state index contributed by atoms with van der Waals surface area (Å²) >= 11 is 0. The summed E-state index contributed by atoms with van der Waals surface area (Å²) < 4.78 is 9.44. The lowest BCUT2D eigenvalue weighted by Gasteiger charge is -2.25. The van der Waals surface area contributed by atoms with Gasteiger partial charge in [-0.3, -0.25) is 0 Å². The second-order valence-electron chi connectivity index (χ2n) is 17.9. The third-order valence-electron chi connectivity index (χ3n) is 14.5. The Morgan fingerprint density at radius 1 is 0.294 bits per heavy atom. The second-order valence-corrected chi connectivity index (χ2v) is 17.9. The van der Waals surface area contributed by atoms with Gasteiger partial charge in [0, 0.05) is 78.2 Å². The number of benzene rings is 9. The van der Waals surface area contributed by atoms with Gasteiger partial charge >= 0.3 is 0 Å². The molecule has 322 valence electrons. The molecule has 6 nitrogen and oxygen atoms in total. The normalized spacial score (nSPS) is 11.9. The summed E-state index contributed by atoms with van der Waals surface area (Å²) in [5.74, 6) is 0. The third-order valence-corrected chi connectivity index (χ3v) is 14.5. The minimum atomic E-state index is 0.570. The number of nitrogens with zero attached hydrogens (tertiary/aromatic N) is 6. The Kier molecular flexibility index (Phi) is 9.27. The second kappa shape index (κ2) is 15.9. The van der Waals surface area contributed by atoms with Gasteiger partial charge in [-0.1, -0.05) is 146 Å². The van der Waals surface area contributed by atoms with E-state index in [1.54, 1.807) is 0 Å². The van der Waals surface area contributed by atoms with Crippen LogP contribution in [0.2, 0.25) is 0 Å². The lowest BCUT2D eigenvalue weighted by molar-refractivity contribution is 0.667. The zero-order valence-corrected chi connectivity index (χ0v) is 37.4. The molecule has 13 rings (SSSR count). The van der Waals surface area contributed by atoms with E-state index in [4.69, 9.17) is 0 Å². The van der Waals surface area contributed by atoms with Crippen LogP contribution in [0, 0.1) is 22.7 Å². The highest BCUT2D eigenvalue weighted by atomic mass is 15.0. The Balaban J connectivity index is 1.08. The molecule has 0 radical (unpaired) electrons. The van der Waals surface area contributed by atoms with Crippen LogP contribution in [0.25, 0.3) is 98.6 Å². The van der Waals surface area contributed by atoms with E-state index < -0.39 is 0 Å². The first-order chi connectivity index (χ1) is 33.7. The summed E-state index contributed by atoms with van der Waals surface area (Å²) in [6, 6.07) is 74.3. The molecule has 68 heavy (non-hydrogen) atoms. The average molecular weight is 873 g/mol. The standard InChI is InChI=1S/C62H44N6/c63-39-51-49(27-17-37-65-53-29-9-1-19-41(53)42-20-2-10-30-54(42)65)61(67-57-33-13-5-23-45(57)46-24-6-14-34-58(46)67)52(40-64)62(68-59-35-15-7-25-47(59)48-26-8-16-36-60(48)68)50(51)28-18-38-66-55-31-11-3-21-43(55)44-22-4-12-32-56(44)66/h1-16,19-26,29-36H,17-18,27-28,37-38H2. The van der Waals surface area contributed by atoms with Gasteiger partial charge in [0.15, 0.2) is 0 Å². The number of fused-ring (bicyclic) bond motifs is 12. The number of para-hydroxylation sites is 8. The minimum absolute atomic E-state index is 0.570. The first kappa shape index (κ1) is 39.5. The summed E-state index contributed by atoms with van der Waals surface area (Å²) in [4.78, 5) is 0. The van der Waals surface area contributed by atoms with E-state index in [-0.39, 0.29) is 0 Å². The molecule has 0 aliphatic carbocycles. The first-order valence-electron chi connectivity index (χ1n) is 23.6. The van der Waals surface area contributed by atoms with Gasteiger partial charge < -0.3 is 18.3 Å². The molecular formula is C62H44N6. The van der Waals surface area contributed by atoms with E-state index in [1.807, 2.05) is 0 Å². The maximum absolute atomic E-state index is 12.1. The van der Waals surface area contributed by atoms with E-state index in [1.165, 1.54) is 43.6 Å². The summed E-state index contributed by atoms with van der Waals surface area (Å²) in [6.45, 7) is 1.48. The van der Waals surface area contributed by atoms with Crippen LogP contribution in [-0.2, 0) is 25.9 Å². The van der Waals surface area contributed by atoms with E-state index in [9.17, 15) is 10.5 Å². The van der Waals surface area contributed by atoms with Gasteiger partial charge in [0.2, 0.25) is 0 Å². The van der Waals surface area contributed by atoms with Gasteiger partial charge in [-0.2, -0.15) is 10.5 Å². The van der Waals surface area contributed by atoms with Crippen molar-refractivity contribution < 1.29 is 0 Å². The van der Waals surface area contributed by atoms with Gasteiger partial charge in [-0.15, -0.1) is 0 Å². The average Bonchev–Trinajstić information content (AvgIpc) is 4.11. The van der Waals surface area contributed by atoms with Gasteiger partial charge in [0.1, 0.15) is 11.6 Å². The van der Waals surface area contributed by atoms with Crippen molar-refractivity contribution in [2.24, 2.45) is 0 Å². The summed E-state index contributed by atoms with van der Waals surface area (Å²) in [5, 5.41) is 33.4. The van der Waals surface area contributed by atoms with E-state index >= 15 is 0 Å². The Bertz CT molecular complexity index is 3780. The third kappa shape index (κ3) is 5.88. The molecule has 0 aliphatic heterocycles. The van der Waals surface area contributed by atoms with Crippen LogP contribution in [0.1, 0.15) is 35.1 Å². The number of rotatable bonds is 10. The predicted octanol–water partition coefficient (Wildman–Crippen LogP) is 15.1. The van der Waals surface area contributed by atoms with Gasteiger partial charge in [-0.05, 0) is 85.3 Å². The van der Waals surface area contributed by atoms with Crippen LogP contribution < -0.4 is 0 Å². The number of aromatic nitrogens is 4. The van der Waals surface area contributed by atoms with Crippen molar-refractivity contribution in [1.82, 2.24) is 18.3 Å². The highest BCUT2D eigenvalue weighted by Gasteiger charge is 2.30. The van der Waals surface area contributed by atoms with E-state index in [0.29, 0.717) is 24.0 Å². The van der Waals surface area contributed by atoms with Crippen molar-refractivity contribution in [3.05, 3.63) is 216 Å². The number of nitriles is 2. The van der Waals surface area contributed by atoms with Crippen LogP contribution in [-0.4, -0.2) is 18.3 Å². The molecule has 0 saturated carbocycles. The van der Waals surface area contributed by atoms with Crippen molar-refractivity contribution in [2.45, 2.75) is 38.8 Å². The molecule has 4 heterocycles. The van der Waals surface area contributed by atoms with Crippen molar-refractivity contribution in [3.63, 3.8) is 0 Å². The fraction of sp³-hybridized carbons (Fsp3) is 0.0968. The van der Waals surface area contributed by atoms with Crippen molar-refractivity contribution >= 4 is 87.2 Å². The lowest BCUT2D eigenvalue weighted by atomic mass is 9.88. The molecular weight excluding hydrogens is 829 g/mol. The van der Waals surface area contributed by atoms with E-state index in [0.717, 1.165) is 92.0 Å². The van der Waals surface area contributed by atoms with Gasteiger partial charge in [-0.25, -0.2) is 0 Å². The van der Waals surface area contributed by atoms with E-state index in [2.05, 4.69) is 225 Å². The molecule has 0 N–H and O–H groups in total. The monoisotopic (exact) mass is 872 g/mol. The highest BCUT2D eigenvalue weighted by molar-refractivity contribution is 6.12. The SMILES string of the molecule is N#Cc1c(CCCn2c3ccccc3c3ccccc32)c(-n2c3ccccc3c3ccccc32)c(C#N)c(-n2c3ccccc3c3ccccc32)c1CCCn1c2ccccc2c2ccccc21. The molecule has 0 aliphatic rings. The molecule has 4 aromatic heterocycles. The first-order valence-corrected chi connectivity index (χ1v) is 23.6. The molecule has 9 aromatic carbocycles. The van der Waals surface area contributed by atoms with Crippen molar-refractivity contribution in [3.8, 4) is 23.5 Å². The summed E-state index contributed by atoms with van der Waals surface area (Å²) in [7, 11) is 0. The minimum Gasteiger partial charge on any atom is -0.340 e. The summed E-state index contributed by atoms with van der Waals surface area (Å²) in [6.07, 6.45) is 2.67. The van der Waals surface area contributed by atoms with Crippen molar-refractivity contribution in [1.29, 1.82) is 10.5 Å². The van der Waals surface area contributed by atoms with Gasteiger partial charge in [0.05, 0.1) is 45.1 Å². The molecule has 0 spiro atoms. The maximum Gasteiger partial charge on any atom is 0.104 e. The molecule has 0 fully saturated rings. The van der Waals surface area contributed by atoms with Gasteiger partial charge in [0.25, 0.3) is 0 Å². The quantitative estimate of drug-likeness (QED) is 0.137. The number of hydrogen-bond acceptors (Lipinski definition) is 2. The Morgan fingerprint density at radius 3 is 0.794 bits per heavy atom. The molecule has 6 heteroatoms. The Hall–Kier alpha value is -8.84. The Morgan fingerprint density at radius 2 is 0.529 bits per heavy atom. The molecule has 0 bridgehead atoms. The highest BCUT2D eigenvalue weighted by Crippen LogP contribution is 2.43. The fourth-order valence-corrected chi connectivity index (χ4v) is 11.7. The van der Waals surface area contributed by atoms with Crippen LogP contribution >= 0.6 is 0 Å². The van der Waals surface area contributed by atoms with Crippen LogP contribution in [0.3, 0.4) is 0 Å². The molecule has 0 amide bonds. The van der Waals surface area contributed by atoms with Crippen LogP contribution in [0.15, 0.2) is 194 Å². The summed E-state index contributed by atoms with van der Waals surface area (Å²) in [5.41, 5.74) is 13.4. The zero-order chi connectivity index (χ0) is 45.3. The Labute approximate surface area is 392 Å². The molecule has 13 aromatic rings. The molecule has 0 unspecified atom stereocenters. The van der Waals surface area contributed by atoms with Crippen LogP contribution in [0.4, 0.5) is 0 Å². The number of aryl methyl sites for hydroxylation is 2. The van der Waals surface area contributed by atoms with Crippen LogP contribution in [0.5, 0.6) is 0 Å². The lowest BCUT2D eigenvalue weighted by Crippen LogP contribution is -2.15.